The van der Waals surface area contributed by atoms with Crippen molar-refractivity contribution in [3.8, 4) is 0 Å². The second-order valence-corrected chi connectivity index (χ2v) is 6.74. The van der Waals surface area contributed by atoms with E-state index < -0.39 is 44.8 Å². The zero-order chi connectivity index (χ0) is 25.1. The molecule has 0 atom stereocenters. The lowest BCUT2D eigenvalue weighted by molar-refractivity contribution is -0.387. The molecule has 14 heteroatoms. The van der Waals surface area contributed by atoms with Crippen molar-refractivity contribution >= 4 is 41.0 Å². The van der Waals surface area contributed by atoms with Gasteiger partial charge in [0, 0.05) is 12.1 Å². The molecule has 0 saturated heterocycles. The van der Waals surface area contributed by atoms with Gasteiger partial charge in [0.05, 0.1) is 34.2 Å². The molecule has 1 N–H and O–H groups in total. The van der Waals surface area contributed by atoms with E-state index in [1.807, 2.05) is 0 Å². The molecular weight excluding hydrogens is 467 g/mol. The van der Waals surface area contributed by atoms with Gasteiger partial charge in [-0.1, -0.05) is 12.1 Å². The molecular formula is C19H17FN2O10S. The van der Waals surface area contributed by atoms with Gasteiger partial charge in [0.2, 0.25) is 0 Å². The first-order valence-electron chi connectivity index (χ1n) is 8.84. The number of aromatic carboxylic acids is 1. The minimum absolute atomic E-state index is 0.0188. The Morgan fingerprint density at radius 1 is 1.06 bits per heavy atom. The van der Waals surface area contributed by atoms with Crippen LogP contribution in [0, 0.1) is 26.0 Å². The average Bonchev–Trinajstić information content (AvgIpc) is 2.77. The number of rotatable bonds is 8. The van der Waals surface area contributed by atoms with Crippen LogP contribution in [0.3, 0.4) is 0 Å². The number of ether oxygens (including phenoxy) is 2. The fourth-order valence-electron chi connectivity index (χ4n) is 2.18. The number of nitro benzene ring substituents is 2. The molecule has 0 aromatic heterocycles. The highest BCUT2D eigenvalue weighted by atomic mass is 32.2. The first-order chi connectivity index (χ1) is 15.5. The molecule has 0 fully saturated rings. The predicted molar refractivity (Wildman–Crippen MR) is 112 cm³/mol. The zero-order valence-corrected chi connectivity index (χ0v) is 18.0. The number of carbonyl (C=O) groups is 3. The van der Waals surface area contributed by atoms with Gasteiger partial charge in [0.25, 0.3) is 11.4 Å². The van der Waals surface area contributed by atoms with E-state index in [1.54, 1.807) is 0 Å². The van der Waals surface area contributed by atoms with Crippen molar-refractivity contribution in [2.45, 2.75) is 11.8 Å². The molecule has 0 aliphatic heterocycles. The number of benzene rings is 2. The topological polar surface area (TPSA) is 176 Å². The minimum atomic E-state index is -1.29. The summed E-state index contributed by atoms with van der Waals surface area (Å²) in [6, 6.07) is 6.84. The lowest BCUT2D eigenvalue weighted by atomic mass is 10.2. The number of carboxylic acids is 1. The minimum Gasteiger partial charge on any atom is -0.477 e. The Hall–Kier alpha value is -4.07. The lowest BCUT2D eigenvalue weighted by Crippen LogP contribution is -2.09. The number of hydrogen-bond donors (Lipinski definition) is 1. The van der Waals surface area contributed by atoms with E-state index in [0.717, 1.165) is 30.0 Å². The molecule has 2 aromatic carbocycles. The average molecular weight is 484 g/mol. The highest BCUT2D eigenvalue weighted by Gasteiger charge is 2.24. The Bertz CT molecular complexity index is 1040. The molecule has 2 rings (SSSR count). The van der Waals surface area contributed by atoms with E-state index in [0.29, 0.717) is 0 Å². The molecule has 0 radical (unpaired) electrons. The number of methoxy groups -OCH3 is 1. The summed E-state index contributed by atoms with van der Waals surface area (Å²) in [4.78, 5) is 52.6. The highest BCUT2D eigenvalue weighted by Crippen LogP contribution is 2.32. The fraction of sp³-hybridized carbons (Fsp3) is 0.211. The van der Waals surface area contributed by atoms with Crippen molar-refractivity contribution in [3.05, 3.63) is 73.6 Å². The summed E-state index contributed by atoms with van der Waals surface area (Å²) in [5.41, 5.74) is -1.67. The van der Waals surface area contributed by atoms with E-state index >= 15 is 0 Å². The van der Waals surface area contributed by atoms with Crippen LogP contribution in [0.1, 0.15) is 27.6 Å². The number of nitro groups is 2. The molecule has 0 amide bonds. The van der Waals surface area contributed by atoms with Gasteiger partial charge in [-0.15, -0.1) is 11.8 Å². The first kappa shape index (κ1) is 27.0. The number of carbonyl (C=O) groups excluding carboxylic acids is 2. The number of halogens is 1. The van der Waals surface area contributed by atoms with E-state index in [-0.39, 0.29) is 28.5 Å². The Kier molecular flexibility index (Phi) is 10.4. The van der Waals surface area contributed by atoms with Crippen molar-refractivity contribution in [2.75, 3.05) is 19.5 Å². The summed E-state index contributed by atoms with van der Waals surface area (Å²) < 4.78 is 22.8. The Morgan fingerprint density at radius 3 is 2.15 bits per heavy atom. The molecule has 12 nitrogen and oxygen atoms in total. The third-order valence-electron chi connectivity index (χ3n) is 3.65. The van der Waals surface area contributed by atoms with Gasteiger partial charge in [0.1, 0.15) is 16.9 Å². The second kappa shape index (κ2) is 12.7. The van der Waals surface area contributed by atoms with Gasteiger partial charge in [-0.2, -0.15) is 0 Å². The smallest absolute Gasteiger partial charge is 0.342 e. The number of nitrogens with zero attached hydrogens (tertiary/aromatic N) is 2. The van der Waals surface area contributed by atoms with Crippen LogP contribution in [0.15, 0.2) is 41.3 Å². The van der Waals surface area contributed by atoms with Crippen LogP contribution >= 0.6 is 11.8 Å². The molecule has 176 valence electrons. The van der Waals surface area contributed by atoms with Crippen LogP contribution in [-0.4, -0.2) is 52.3 Å². The molecule has 0 heterocycles. The van der Waals surface area contributed by atoms with Gasteiger partial charge in [-0.3, -0.25) is 25.0 Å². The van der Waals surface area contributed by atoms with Gasteiger partial charge in [-0.25, -0.2) is 14.0 Å². The van der Waals surface area contributed by atoms with Gasteiger partial charge in [0.15, 0.2) is 0 Å². The van der Waals surface area contributed by atoms with Gasteiger partial charge < -0.3 is 14.6 Å². The molecule has 0 bridgehead atoms. The summed E-state index contributed by atoms with van der Waals surface area (Å²) in [6.07, 6.45) is 0. The van der Waals surface area contributed by atoms with Crippen LogP contribution in [0.2, 0.25) is 0 Å². The summed E-state index contributed by atoms with van der Waals surface area (Å²) in [7, 11) is 1.17. The van der Waals surface area contributed by atoms with Crippen molar-refractivity contribution in [2.24, 2.45) is 0 Å². The molecule has 0 spiro atoms. The molecule has 0 unspecified atom stereocenters. The van der Waals surface area contributed by atoms with Crippen molar-refractivity contribution in [1.82, 2.24) is 0 Å². The number of esters is 2. The lowest BCUT2D eigenvalue weighted by Gasteiger charge is -2.07. The fourth-order valence-corrected chi connectivity index (χ4v) is 3.04. The maximum absolute atomic E-state index is 13.8. The van der Waals surface area contributed by atoms with E-state index in [9.17, 15) is 39.0 Å². The Balaban J connectivity index is 0.000000383. The normalized spacial score (nSPS) is 9.79. The number of carboxylic acid groups (broad SMARTS) is 1. The van der Waals surface area contributed by atoms with Crippen LogP contribution in [-0.2, 0) is 14.3 Å². The molecule has 2 aromatic rings. The highest BCUT2D eigenvalue weighted by molar-refractivity contribution is 8.00. The molecule has 0 aliphatic rings. The number of thioether (sulfide) groups is 1. The molecule has 0 aliphatic carbocycles. The summed E-state index contributed by atoms with van der Waals surface area (Å²) in [5, 5.41) is 29.8. The van der Waals surface area contributed by atoms with Crippen LogP contribution in [0.5, 0.6) is 0 Å². The summed E-state index contributed by atoms with van der Waals surface area (Å²) in [6.45, 7) is 1.55. The largest absolute Gasteiger partial charge is 0.477 e. The van der Waals surface area contributed by atoms with Gasteiger partial charge in [-0.05, 0) is 19.1 Å². The number of hydrogen-bond acceptors (Lipinski definition) is 10. The maximum Gasteiger partial charge on any atom is 0.342 e. The SMILES string of the molecule is CCOC(=O)c1cc([N+](=O)[O-])c(SCC(=O)OC)cc1F.O=C(O)c1ccccc1[N+](=O)[O-]. The Morgan fingerprint density at radius 2 is 1.67 bits per heavy atom. The maximum atomic E-state index is 13.8. The van der Waals surface area contributed by atoms with Crippen molar-refractivity contribution in [3.63, 3.8) is 0 Å². The third-order valence-corrected chi connectivity index (χ3v) is 4.66. The van der Waals surface area contributed by atoms with E-state index in [1.165, 1.54) is 32.2 Å². The Labute approximate surface area is 189 Å². The zero-order valence-electron chi connectivity index (χ0n) is 17.2. The molecule has 0 saturated carbocycles. The van der Waals surface area contributed by atoms with Crippen molar-refractivity contribution < 1.29 is 43.2 Å². The quantitative estimate of drug-likeness (QED) is 0.251. The monoisotopic (exact) mass is 484 g/mol. The van der Waals surface area contributed by atoms with Crippen molar-refractivity contribution in [1.29, 1.82) is 0 Å². The molecule has 33 heavy (non-hydrogen) atoms. The summed E-state index contributed by atoms with van der Waals surface area (Å²) in [5.74, 6) is -4.05. The summed E-state index contributed by atoms with van der Waals surface area (Å²) >= 11 is 0.748. The number of para-hydroxylation sites is 1. The second-order valence-electron chi connectivity index (χ2n) is 5.72. The van der Waals surface area contributed by atoms with Crippen LogP contribution < -0.4 is 0 Å². The van der Waals surface area contributed by atoms with Crippen LogP contribution in [0.25, 0.3) is 0 Å². The standard InChI is InChI=1S/C12H12FNO6S.C7H5NO4/c1-3-20-12(16)7-4-9(14(17)18)10(5-8(7)13)21-6-11(15)19-2;9-7(10)5-3-1-2-4-6(5)8(11)12/h4-5H,3,6H2,1-2H3;1-4H,(H,9,10). The van der Waals surface area contributed by atoms with Crippen LogP contribution in [0.4, 0.5) is 15.8 Å². The predicted octanol–water partition coefficient (Wildman–Crippen LogP) is 3.47. The van der Waals surface area contributed by atoms with E-state index in [2.05, 4.69) is 9.47 Å². The third kappa shape index (κ3) is 7.84. The first-order valence-corrected chi connectivity index (χ1v) is 9.83. The van der Waals surface area contributed by atoms with Gasteiger partial charge >= 0.3 is 17.9 Å². The van der Waals surface area contributed by atoms with E-state index in [4.69, 9.17) is 5.11 Å².